The van der Waals surface area contributed by atoms with E-state index in [0.29, 0.717) is 12.5 Å². The van der Waals surface area contributed by atoms with E-state index in [0.717, 1.165) is 42.9 Å². The molecule has 0 aliphatic heterocycles. The average molecular weight is 561 g/mol. The summed E-state index contributed by atoms with van der Waals surface area (Å²) in [5, 5.41) is 4.69. The van der Waals surface area contributed by atoms with Crippen LogP contribution < -0.4 is 10.0 Å². The highest BCUT2D eigenvalue weighted by atomic mass is 32.2. The van der Waals surface area contributed by atoms with Gasteiger partial charge < -0.3 is 9.47 Å². The molecule has 7 nitrogen and oxygen atoms in total. The Morgan fingerprint density at radius 1 is 1.02 bits per heavy atom. The molecule has 1 fully saturated rings. The number of amides is 1. The number of benzene rings is 3. The summed E-state index contributed by atoms with van der Waals surface area (Å²) in [6.45, 7) is 0.513. The van der Waals surface area contributed by atoms with Gasteiger partial charge in [-0.15, -0.1) is 0 Å². The second-order valence-electron chi connectivity index (χ2n) is 10.4. The molecule has 208 valence electrons. The maximum absolute atomic E-state index is 13.6. The number of hydrogen-bond donors (Lipinski definition) is 1. The lowest BCUT2D eigenvalue weighted by atomic mass is 9.91. The van der Waals surface area contributed by atoms with Gasteiger partial charge in [0, 0.05) is 31.0 Å². The number of carbonyl (C=O) groups is 1. The van der Waals surface area contributed by atoms with Crippen LogP contribution in [0.15, 0.2) is 90.1 Å². The van der Waals surface area contributed by atoms with Crippen molar-refractivity contribution < 1.29 is 17.6 Å². The predicted octanol–water partition coefficient (Wildman–Crippen LogP) is 5.11. The van der Waals surface area contributed by atoms with E-state index in [9.17, 15) is 17.6 Å². The normalized spacial score (nSPS) is 17.8. The number of rotatable bonds is 6. The van der Waals surface area contributed by atoms with Gasteiger partial charge in [-0.2, -0.15) is 0 Å². The molecule has 2 N–H and O–H groups in total. The van der Waals surface area contributed by atoms with Crippen molar-refractivity contribution in [1.29, 1.82) is 0 Å². The molecule has 4 aromatic rings. The summed E-state index contributed by atoms with van der Waals surface area (Å²) in [6.07, 6.45) is 9.45. The molecule has 3 aromatic carbocycles. The molecule has 0 spiro atoms. The third kappa shape index (κ3) is 6.32. The number of imidazole rings is 1. The molecule has 0 bridgehead atoms. The minimum absolute atomic E-state index is 0.0636. The van der Waals surface area contributed by atoms with Crippen LogP contribution in [-0.4, -0.2) is 23.9 Å². The van der Waals surface area contributed by atoms with E-state index in [1.54, 1.807) is 6.20 Å². The van der Waals surface area contributed by atoms with Crippen molar-refractivity contribution in [3.05, 3.63) is 114 Å². The molecular weight excluding hydrogens is 527 g/mol. The zero-order valence-electron chi connectivity index (χ0n) is 22.4. The molecule has 2 aliphatic rings. The van der Waals surface area contributed by atoms with E-state index in [2.05, 4.69) is 52.6 Å². The monoisotopic (exact) mass is 560 g/mol. The summed E-state index contributed by atoms with van der Waals surface area (Å²) in [5.41, 5.74) is 5.13. The van der Waals surface area contributed by atoms with Gasteiger partial charge in [0.2, 0.25) is 15.9 Å². The first-order valence-corrected chi connectivity index (χ1v) is 15.0. The Labute approximate surface area is 234 Å². The molecule has 1 aromatic heterocycles. The second-order valence-corrected chi connectivity index (χ2v) is 11.9. The zero-order chi connectivity index (χ0) is 28.3. The largest absolute Gasteiger partial charge is 0.337 e. The van der Waals surface area contributed by atoms with Crippen molar-refractivity contribution in [2.24, 2.45) is 18.1 Å². The number of anilines is 1. The summed E-state index contributed by atoms with van der Waals surface area (Å²) >= 11 is 0. The van der Waals surface area contributed by atoms with Gasteiger partial charge in [0.1, 0.15) is 16.5 Å². The number of sulfonamides is 1. The van der Waals surface area contributed by atoms with Gasteiger partial charge in [-0.05, 0) is 79.0 Å². The van der Waals surface area contributed by atoms with Gasteiger partial charge in [0.25, 0.3) is 0 Å². The number of aryl methyl sites for hydroxylation is 3. The van der Waals surface area contributed by atoms with Crippen LogP contribution >= 0.6 is 0 Å². The highest BCUT2D eigenvalue weighted by Gasteiger charge is 2.46. The van der Waals surface area contributed by atoms with Crippen LogP contribution in [0.5, 0.6) is 0 Å². The minimum atomic E-state index is -3.91. The standard InChI is InChI=1S/C25H27N3O.C6H6FNO2S/c1-27-14-13-26-24(27)17-28(21-12-11-18-7-5-6-10-20(18)15-21)25(29)23-16-22(23)19-8-3-2-4-9-19;7-5-3-1-2-4-6(5)11(8,9)10/h2-4,8-9,11-15,22-23H,5-7,10,16-17H2,1H3;1-4H,(H2,8,9,10)/t22-,23+;/m1./s1. The Morgan fingerprint density at radius 3 is 2.38 bits per heavy atom. The Balaban J connectivity index is 0.000000248. The van der Waals surface area contributed by atoms with E-state index >= 15 is 0 Å². The topological polar surface area (TPSA) is 98.3 Å². The fourth-order valence-electron chi connectivity index (χ4n) is 5.29. The molecule has 9 heteroatoms. The molecule has 2 aliphatic carbocycles. The van der Waals surface area contributed by atoms with Crippen molar-refractivity contribution >= 4 is 21.6 Å². The van der Waals surface area contributed by atoms with Crippen LogP contribution in [-0.2, 0) is 41.3 Å². The Morgan fingerprint density at radius 2 is 1.73 bits per heavy atom. The number of nitrogens with two attached hydrogens (primary N) is 1. The Kier molecular flexibility index (Phi) is 8.14. The van der Waals surface area contributed by atoms with Crippen molar-refractivity contribution in [3.8, 4) is 0 Å². The fraction of sp³-hybridized carbons (Fsp3) is 0.290. The number of hydrogen-bond acceptors (Lipinski definition) is 4. The van der Waals surface area contributed by atoms with Gasteiger partial charge >= 0.3 is 0 Å². The third-order valence-corrected chi connectivity index (χ3v) is 8.55. The van der Waals surface area contributed by atoms with Crippen LogP contribution in [0.3, 0.4) is 0 Å². The van der Waals surface area contributed by atoms with Crippen LogP contribution in [0.2, 0.25) is 0 Å². The summed E-state index contributed by atoms with van der Waals surface area (Å²) in [7, 11) is -1.92. The summed E-state index contributed by atoms with van der Waals surface area (Å²) in [6, 6.07) is 22.0. The first kappa shape index (κ1) is 27.7. The molecule has 0 radical (unpaired) electrons. The molecule has 1 amide bonds. The third-order valence-electron chi connectivity index (χ3n) is 7.61. The van der Waals surface area contributed by atoms with Gasteiger partial charge in [0.15, 0.2) is 0 Å². The lowest BCUT2D eigenvalue weighted by Crippen LogP contribution is -2.33. The Bertz CT molecular complexity index is 1600. The number of halogens is 1. The van der Waals surface area contributed by atoms with E-state index in [1.807, 2.05) is 28.8 Å². The number of primary sulfonamides is 1. The van der Waals surface area contributed by atoms with Crippen molar-refractivity contribution in [2.75, 3.05) is 4.90 Å². The molecule has 1 heterocycles. The van der Waals surface area contributed by atoms with E-state index in [-0.39, 0.29) is 11.8 Å². The lowest BCUT2D eigenvalue weighted by molar-refractivity contribution is -0.120. The minimum Gasteiger partial charge on any atom is -0.337 e. The fourth-order valence-corrected chi connectivity index (χ4v) is 5.89. The SMILES string of the molecule is Cn1ccnc1CN(C(=O)[C@H]1C[C@@H]1c1ccccc1)c1ccc2c(c1)CCCC2.NS(=O)(=O)c1ccccc1F. The highest BCUT2D eigenvalue weighted by Crippen LogP contribution is 2.49. The summed E-state index contributed by atoms with van der Waals surface area (Å²) in [5.74, 6) is 0.708. The van der Waals surface area contributed by atoms with Crippen molar-refractivity contribution in [2.45, 2.75) is 49.5 Å². The highest BCUT2D eigenvalue weighted by molar-refractivity contribution is 7.89. The summed E-state index contributed by atoms with van der Waals surface area (Å²) in [4.78, 5) is 19.6. The maximum atomic E-state index is 13.6. The van der Waals surface area contributed by atoms with Gasteiger partial charge in [-0.3, -0.25) is 4.79 Å². The van der Waals surface area contributed by atoms with Crippen molar-refractivity contribution in [3.63, 3.8) is 0 Å². The number of nitrogens with zero attached hydrogens (tertiary/aromatic N) is 3. The second kappa shape index (κ2) is 11.7. The zero-order valence-corrected chi connectivity index (χ0v) is 23.2. The maximum Gasteiger partial charge on any atom is 0.240 e. The van der Waals surface area contributed by atoms with E-state index in [1.165, 1.54) is 41.7 Å². The average Bonchev–Trinajstić information content (AvgIpc) is 3.66. The van der Waals surface area contributed by atoms with Gasteiger partial charge in [0.05, 0.1) is 6.54 Å². The molecule has 0 unspecified atom stereocenters. The van der Waals surface area contributed by atoms with Gasteiger partial charge in [-0.1, -0.05) is 48.5 Å². The van der Waals surface area contributed by atoms with E-state index in [4.69, 9.17) is 0 Å². The van der Waals surface area contributed by atoms with E-state index < -0.39 is 20.7 Å². The number of carbonyl (C=O) groups excluding carboxylic acids is 1. The molecule has 2 atom stereocenters. The first-order valence-electron chi connectivity index (χ1n) is 13.4. The Hall–Kier alpha value is -3.82. The molecule has 40 heavy (non-hydrogen) atoms. The molecule has 6 rings (SSSR count). The molecular formula is C31H33FN4O3S. The number of aromatic nitrogens is 2. The van der Waals surface area contributed by atoms with Crippen LogP contribution in [0.25, 0.3) is 0 Å². The molecule has 1 saturated carbocycles. The smallest absolute Gasteiger partial charge is 0.240 e. The molecule has 0 saturated heterocycles. The summed E-state index contributed by atoms with van der Waals surface area (Å²) < 4.78 is 35.8. The predicted molar refractivity (Wildman–Crippen MR) is 153 cm³/mol. The number of fused-ring (bicyclic) bond motifs is 1. The van der Waals surface area contributed by atoms with Gasteiger partial charge in [-0.25, -0.2) is 22.9 Å². The van der Waals surface area contributed by atoms with Crippen LogP contribution in [0, 0.1) is 11.7 Å². The van der Waals surface area contributed by atoms with Crippen LogP contribution in [0.1, 0.15) is 47.7 Å². The van der Waals surface area contributed by atoms with Crippen LogP contribution in [0.4, 0.5) is 10.1 Å². The lowest BCUT2D eigenvalue weighted by Gasteiger charge is -2.25. The first-order chi connectivity index (χ1) is 19.2. The van der Waals surface area contributed by atoms with Crippen molar-refractivity contribution in [1.82, 2.24) is 9.55 Å². The quantitative estimate of drug-likeness (QED) is 0.354.